The second kappa shape index (κ2) is 12.0. The fourth-order valence-corrected chi connectivity index (χ4v) is 6.63. The summed E-state index contributed by atoms with van der Waals surface area (Å²) in [5, 5.41) is 10.4. The first-order chi connectivity index (χ1) is 21.7. The predicted octanol–water partition coefficient (Wildman–Crippen LogP) is 8.23. The van der Waals surface area contributed by atoms with Crippen molar-refractivity contribution in [3.8, 4) is 17.1 Å². The Morgan fingerprint density at radius 2 is 2.00 bits per heavy atom. The number of rotatable bonds is 9. The lowest BCUT2D eigenvalue weighted by Gasteiger charge is -2.28. The zero-order valence-electron chi connectivity index (χ0n) is 25.4. The minimum absolute atomic E-state index is 0.0769. The largest absolute Gasteiger partial charge is 0.478 e. The summed E-state index contributed by atoms with van der Waals surface area (Å²) in [6.45, 7) is 7.69. The Bertz CT molecular complexity index is 1970. The van der Waals surface area contributed by atoms with Gasteiger partial charge in [-0.2, -0.15) is 0 Å². The minimum Gasteiger partial charge on any atom is -0.478 e. The van der Waals surface area contributed by atoms with Crippen LogP contribution in [0.3, 0.4) is 0 Å². The normalized spacial score (nSPS) is 16.3. The van der Waals surface area contributed by atoms with Crippen molar-refractivity contribution in [2.24, 2.45) is 5.41 Å². The van der Waals surface area contributed by atoms with Crippen LogP contribution in [-0.4, -0.2) is 43.8 Å². The standard InChI is InChI=1S/C33H30ClF3N4O4S/c1-17-9-19(11-28-39-24-7-5-18(31(42)43)10-25(24)41(28)26-14-44-16-32(26,2)3)21(34)12-20(17)23-8-6-22(35)30(40-23)45-15-29-38-13-27(46-29)33(4,36)37/h5-10,12-13,26H,11,14-16H2,1-4H3,(H,42,43). The summed E-state index contributed by atoms with van der Waals surface area (Å²) in [5.74, 6) is -4.32. The fraction of sp³-hybridized carbons (Fsp3) is 0.333. The molecular formula is C33H30ClF3N4O4S. The quantitative estimate of drug-likeness (QED) is 0.169. The molecule has 0 spiro atoms. The molecule has 0 amide bonds. The van der Waals surface area contributed by atoms with Crippen LogP contribution in [0.2, 0.25) is 5.02 Å². The molecule has 2 aromatic carbocycles. The van der Waals surface area contributed by atoms with Gasteiger partial charge in [0.05, 0.1) is 46.4 Å². The van der Waals surface area contributed by atoms with Gasteiger partial charge in [0.2, 0.25) is 0 Å². The molecule has 1 N–H and O–H groups in total. The van der Waals surface area contributed by atoms with Gasteiger partial charge in [0.15, 0.2) is 5.82 Å². The van der Waals surface area contributed by atoms with E-state index in [0.717, 1.165) is 41.4 Å². The van der Waals surface area contributed by atoms with Gasteiger partial charge < -0.3 is 19.1 Å². The van der Waals surface area contributed by atoms with Gasteiger partial charge in [0.25, 0.3) is 11.8 Å². The molecule has 1 aliphatic heterocycles. The molecule has 0 bridgehead atoms. The maximum absolute atomic E-state index is 14.6. The van der Waals surface area contributed by atoms with E-state index in [1.54, 1.807) is 24.3 Å². The molecule has 4 heterocycles. The van der Waals surface area contributed by atoms with Crippen molar-refractivity contribution in [3.05, 3.63) is 91.9 Å². The number of hydrogen-bond acceptors (Lipinski definition) is 7. The molecule has 13 heteroatoms. The molecule has 5 aromatic rings. The highest BCUT2D eigenvalue weighted by Crippen LogP contribution is 2.41. The van der Waals surface area contributed by atoms with E-state index < -0.39 is 17.7 Å². The van der Waals surface area contributed by atoms with E-state index >= 15 is 0 Å². The lowest BCUT2D eigenvalue weighted by Crippen LogP contribution is -2.27. The van der Waals surface area contributed by atoms with Crippen LogP contribution in [0.15, 0.2) is 48.7 Å². The maximum Gasteiger partial charge on any atom is 0.335 e. The number of imidazole rings is 1. The molecule has 46 heavy (non-hydrogen) atoms. The van der Waals surface area contributed by atoms with Crippen molar-refractivity contribution in [3.63, 3.8) is 0 Å². The molecule has 6 rings (SSSR count). The van der Waals surface area contributed by atoms with E-state index in [-0.39, 0.29) is 39.4 Å². The van der Waals surface area contributed by atoms with Gasteiger partial charge in [-0.1, -0.05) is 31.5 Å². The van der Waals surface area contributed by atoms with Crippen LogP contribution in [0.4, 0.5) is 13.2 Å². The number of benzene rings is 2. The first-order valence-corrected chi connectivity index (χ1v) is 15.6. The summed E-state index contributed by atoms with van der Waals surface area (Å²) < 4.78 is 55.3. The third kappa shape index (κ3) is 6.21. The van der Waals surface area contributed by atoms with Crippen LogP contribution in [0, 0.1) is 18.2 Å². The Labute approximate surface area is 271 Å². The molecule has 3 aromatic heterocycles. The second-order valence-electron chi connectivity index (χ2n) is 12.1. The summed E-state index contributed by atoms with van der Waals surface area (Å²) in [6, 6.07) is 11.2. The van der Waals surface area contributed by atoms with Crippen molar-refractivity contribution in [1.29, 1.82) is 0 Å². The number of alkyl halides is 2. The van der Waals surface area contributed by atoms with Crippen molar-refractivity contribution in [1.82, 2.24) is 19.5 Å². The Kier molecular flexibility index (Phi) is 8.32. The molecule has 0 aliphatic carbocycles. The van der Waals surface area contributed by atoms with Crippen LogP contribution in [0.1, 0.15) is 64.0 Å². The third-order valence-corrected chi connectivity index (χ3v) is 9.62. The lowest BCUT2D eigenvalue weighted by molar-refractivity contribution is 0.0213. The first kappa shape index (κ1) is 32.0. The number of hydrogen-bond donors (Lipinski definition) is 1. The van der Waals surface area contributed by atoms with Crippen molar-refractivity contribution < 1.29 is 32.5 Å². The van der Waals surface area contributed by atoms with Crippen LogP contribution in [0.25, 0.3) is 22.3 Å². The molecule has 0 radical (unpaired) electrons. The highest BCUT2D eigenvalue weighted by molar-refractivity contribution is 7.11. The zero-order valence-corrected chi connectivity index (χ0v) is 27.0. The number of thiazole rings is 1. The molecule has 1 fully saturated rings. The Morgan fingerprint density at radius 1 is 1.22 bits per heavy atom. The smallest absolute Gasteiger partial charge is 0.335 e. The first-order valence-electron chi connectivity index (χ1n) is 14.4. The number of ether oxygens (including phenoxy) is 2. The summed E-state index contributed by atoms with van der Waals surface area (Å²) in [4.78, 5) is 24.8. The zero-order chi connectivity index (χ0) is 33.0. The second-order valence-corrected chi connectivity index (χ2v) is 13.7. The van der Waals surface area contributed by atoms with Gasteiger partial charge >= 0.3 is 5.97 Å². The number of aromatic nitrogens is 4. The van der Waals surface area contributed by atoms with E-state index in [9.17, 15) is 23.1 Å². The maximum atomic E-state index is 14.6. The van der Waals surface area contributed by atoms with Crippen LogP contribution in [-0.2, 0) is 23.7 Å². The third-order valence-electron chi connectivity index (χ3n) is 8.12. The molecule has 1 aliphatic rings. The number of pyridine rings is 1. The summed E-state index contributed by atoms with van der Waals surface area (Å²) in [6.07, 6.45) is 1.45. The summed E-state index contributed by atoms with van der Waals surface area (Å²) >= 11 is 7.64. The van der Waals surface area contributed by atoms with Crippen LogP contribution >= 0.6 is 22.9 Å². The Balaban J connectivity index is 1.31. The van der Waals surface area contributed by atoms with Gasteiger partial charge in [-0.15, -0.1) is 11.3 Å². The molecule has 0 saturated carbocycles. The Morgan fingerprint density at radius 3 is 2.67 bits per heavy atom. The highest BCUT2D eigenvalue weighted by Gasteiger charge is 2.39. The number of halogens is 4. The van der Waals surface area contributed by atoms with Gasteiger partial charge in [-0.3, -0.25) is 0 Å². The van der Waals surface area contributed by atoms with E-state index in [2.05, 4.69) is 28.4 Å². The van der Waals surface area contributed by atoms with E-state index in [4.69, 9.17) is 26.1 Å². The molecule has 8 nitrogen and oxygen atoms in total. The molecule has 1 saturated heterocycles. The van der Waals surface area contributed by atoms with Gasteiger partial charge in [0, 0.05) is 35.5 Å². The topological polar surface area (TPSA) is 99.4 Å². The highest BCUT2D eigenvalue weighted by atomic mass is 35.5. The van der Waals surface area contributed by atoms with Crippen molar-refractivity contribution in [2.75, 3.05) is 13.2 Å². The number of aromatic carboxylic acids is 1. The molecular weight excluding hydrogens is 641 g/mol. The fourth-order valence-electron chi connectivity index (χ4n) is 5.64. The number of fused-ring (bicyclic) bond motifs is 1. The number of carboxylic acid groups (broad SMARTS) is 1. The van der Waals surface area contributed by atoms with Crippen molar-refractivity contribution in [2.45, 2.75) is 52.7 Å². The summed E-state index contributed by atoms with van der Waals surface area (Å²) in [7, 11) is 0. The van der Waals surface area contributed by atoms with Gasteiger partial charge in [0.1, 0.15) is 17.4 Å². The summed E-state index contributed by atoms with van der Waals surface area (Å²) in [5.41, 5.74) is 4.02. The number of nitrogens with zero attached hydrogens (tertiary/aromatic N) is 4. The number of carbonyl (C=O) groups is 1. The number of carboxylic acids is 1. The van der Waals surface area contributed by atoms with Crippen molar-refractivity contribution >= 4 is 39.9 Å². The predicted molar refractivity (Wildman–Crippen MR) is 169 cm³/mol. The number of aryl methyl sites for hydroxylation is 1. The van der Waals surface area contributed by atoms with Crippen LogP contribution in [0.5, 0.6) is 5.88 Å². The van der Waals surface area contributed by atoms with E-state index in [1.807, 2.05) is 13.0 Å². The molecule has 1 atom stereocenters. The average Bonchev–Trinajstić information content (AvgIpc) is 3.70. The minimum atomic E-state index is -3.03. The van der Waals surface area contributed by atoms with Crippen LogP contribution < -0.4 is 4.74 Å². The SMILES string of the molecule is Cc1cc(Cc2nc3ccc(C(=O)O)cc3n2C2COCC2(C)C)c(Cl)cc1-c1ccc(F)c(OCc2ncc(C(C)(F)F)s2)n1. The average molecular weight is 671 g/mol. The lowest BCUT2D eigenvalue weighted by atomic mass is 9.87. The molecule has 240 valence electrons. The monoisotopic (exact) mass is 670 g/mol. The van der Waals surface area contributed by atoms with E-state index in [0.29, 0.717) is 46.9 Å². The molecule has 1 unspecified atom stereocenters. The van der Waals surface area contributed by atoms with E-state index in [1.165, 1.54) is 12.1 Å². The van der Waals surface area contributed by atoms with Gasteiger partial charge in [-0.25, -0.2) is 32.9 Å². The Hall–Kier alpha value is -4.00. The van der Waals surface area contributed by atoms with Gasteiger partial charge in [-0.05, 0) is 54.4 Å².